The van der Waals surface area contributed by atoms with Gasteiger partial charge in [-0.15, -0.1) is 0 Å². The third-order valence-electron chi connectivity index (χ3n) is 12.8. The van der Waals surface area contributed by atoms with Crippen LogP contribution in [0.5, 0.6) is 0 Å². The van der Waals surface area contributed by atoms with E-state index in [1.165, 1.54) is 82.2 Å². The van der Waals surface area contributed by atoms with Crippen LogP contribution in [0.25, 0.3) is 87.6 Å². The minimum Gasteiger partial charge on any atom is -0.456 e. The van der Waals surface area contributed by atoms with Crippen LogP contribution in [0.15, 0.2) is 205 Å². The average molecular weight is 754 g/mol. The van der Waals surface area contributed by atoms with Gasteiger partial charge in [-0.1, -0.05) is 153 Å². The van der Waals surface area contributed by atoms with Gasteiger partial charge < -0.3 is 9.32 Å². The van der Waals surface area contributed by atoms with Crippen molar-refractivity contribution in [3.8, 4) is 33.4 Å². The van der Waals surface area contributed by atoms with Gasteiger partial charge in [0.05, 0.1) is 0 Å². The fourth-order valence-corrected chi connectivity index (χ4v) is 10.00. The summed E-state index contributed by atoms with van der Waals surface area (Å²) < 4.78 is 6.40. The Morgan fingerprint density at radius 3 is 1.73 bits per heavy atom. The van der Waals surface area contributed by atoms with Crippen LogP contribution in [0.2, 0.25) is 0 Å². The molecule has 2 heteroatoms. The van der Waals surface area contributed by atoms with E-state index in [1.54, 1.807) is 0 Å². The Labute approximate surface area is 343 Å². The van der Waals surface area contributed by atoms with Gasteiger partial charge in [0.1, 0.15) is 11.2 Å². The van der Waals surface area contributed by atoms with Gasteiger partial charge in [-0.05, 0) is 132 Å². The normalized spacial score (nSPS) is 13.1. The SMILES string of the molecule is CC1(C)c2ccccc2-c2ccc(N(c3cccc(-c4ccccc4)c3)c3cccc(-c4ccc5c6ccccc6c6c(ccc7oc8ccccc8c76)c5c4)c3)cc21. The van der Waals surface area contributed by atoms with E-state index in [2.05, 4.69) is 213 Å². The molecular formula is C57H39NO. The zero-order valence-corrected chi connectivity index (χ0v) is 32.9. The van der Waals surface area contributed by atoms with Gasteiger partial charge >= 0.3 is 0 Å². The number of rotatable bonds is 5. The lowest BCUT2D eigenvalue weighted by molar-refractivity contribution is 0.660. The molecule has 12 rings (SSSR count). The summed E-state index contributed by atoms with van der Waals surface area (Å²) in [5.74, 6) is 0. The number of hydrogen-bond donors (Lipinski definition) is 0. The van der Waals surface area contributed by atoms with E-state index in [0.29, 0.717) is 0 Å². The minimum absolute atomic E-state index is 0.117. The highest BCUT2D eigenvalue weighted by Crippen LogP contribution is 2.51. The number of hydrogen-bond acceptors (Lipinski definition) is 2. The highest BCUT2D eigenvalue weighted by Gasteiger charge is 2.35. The maximum atomic E-state index is 6.40. The Kier molecular flexibility index (Phi) is 7.31. The van der Waals surface area contributed by atoms with E-state index < -0.39 is 0 Å². The Hall–Kier alpha value is -7.42. The van der Waals surface area contributed by atoms with Crippen molar-refractivity contribution in [2.75, 3.05) is 4.90 Å². The van der Waals surface area contributed by atoms with Crippen molar-refractivity contribution in [3.05, 3.63) is 211 Å². The van der Waals surface area contributed by atoms with Crippen LogP contribution in [0, 0.1) is 0 Å². The average Bonchev–Trinajstić information content (AvgIpc) is 3.78. The standard InChI is InChI=1S/C57H39NO/c1-57(2)51-24-10-8-21-45(51)46-29-27-42(35-52(46)57)58(40-18-12-16-37(32-40)36-14-4-3-5-15-36)41-19-13-17-38(33-41)39-26-28-44-43-20-6-7-22-47(43)55-48(50(44)34-39)30-31-54-56(55)49-23-9-11-25-53(49)59-54/h3-35H,1-2H3. The van der Waals surface area contributed by atoms with Gasteiger partial charge in [0, 0.05) is 38.6 Å². The molecule has 0 atom stereocenters. The zero-order chi connectivity index (χ0) is 39.2. The summed E-state index contributed by atoms with van der Waals surface area (Å²) in [5.41, 5.74) is 15.2. The molecule has 0 N–H and O–H groups in total. The van der Waals surface area contributed by atoms with Gasteiger partial charge in [0.2, 0.25) is 0 Å². The number of para-hydroxylation sites is 1. The van der Waals surface area contributed by atoms with Crippen LogP contribution in [-0.4, -0.2) is 0 Å². The maximum absolute atomic E-state index is 6.40. The van der Waals surface area contributed by atoms with E-state index in [1.807, 2.05) is 6.07 Å². The van der Waals surface area contributed by atoms with Crippen LogP contribution < -0.4 is 4.90 Å². The summed E-state index contributed by atoms with van der Waals surface area (Å²) in [6.45, 7) is 4.71. The van der Waals surface area contributed by atoms with Gasteiger partial charge in [0.15, 0.2) is 0 Å². The molecule has 0 saturated heterocycles. The summed E-state index contributed by atoms with van der Waals surface area (Å²) in [4.78, 5) is 2.43. The molecule has 0 fully saturated rings. The first-order valence-electron chi connectivity index (χ1n) is 20.5. The topological polar surface area (TPSA) is 16.4 Å². The third-order valence-corrected chi connectivity index (χ3v) is 12.8. The number of anilines is 3. The van der Waals surface area contributed by atoms with Crippen LogP contribution in [0.3, 0.4) is 0 Å². The molecule has 1 aliphatic carbocycles. The molecule has 1 aromatic heterocycles. The largest absolute Gasteiger partial charge is 0.456 e. The Bertz CT molecular complexity index is 3480. The van der Waals surface area contributed by atoms with Crippen LogP contribution >= 0.6 is 0 Å². The fourth-order valence-electron chi connectivity index (χ4n) is 10.00. The number of fused-ring (bicyclic) bond motifs is 13. The molecule has 11 aromatic rings. The van der Waals surface area contributed by atoms with E-state index in [0.717, 1.165) is 33.6 Å². The Morgan fingerprint density at radius 1 is 0.339 bits per heavy atom. The van der Waals surface area contributed by atoms with Crippen molar-refractivity contribution >= 4 is 71.3 Å². The second-order valence-electron chi connectivity index (χ2n) is 16.5. The zero-order valence-electron chi connectivity index (χ0n) is 32.9. The van der Waals surface area contributed by atoms with Crippen molar-refractivity contribution in [2.45, 2.75) is 19.3 Å². The van der Waals surface area contributed by atoms with E-state index >= 15 is 0 Å². The molecule has 278 valence electrons. The first-order chi connectivity index (χ1) is 29.0. The van der Waals surface area contributed by atoms with Gasteiger partial charge in [-0.25, -0.2) is 0 Å². The Balaban J connectivity index is 1.05. The molecule has 1 aliphatic rings. The van der Waals surface area contributed by atoms with Crippen molar-refractivity contribution < 1.29 is 4.42 Å². The molecule has 1 heterocycles. The highest BCUT2D eigenvalue weighted by atomic mass is 16.3. The lowest BCUT2D eigenvalue weighted by Crippen LogP contribution is -2.16. The molecule has 0 bridgehead atoms. The minimum atomic E-state index is -0.117. The molecule has 10 aromatic carbocycles. The van der Waals surface area contributed by atoms with Crippen LogP contribution in [0.4, 0.5) is 17.1 Å². The first kappa shape index (κ1) is 33.7. The monoisotopic (exact) mass is 753 g/mol. The highest BCUT2D eigenvalue weighted by molar-refractivity contribution is 6.34. The van der Waals surface area contributed by atoms with E-state index in [-0.39, 0.29) is 5.41 Å². The van der Waals surface area contributed by atoms with Crippen LogP contribution in [0.1, 0.15) is 25.0 Å². The number of benzene rings is 10. The molecule has 0 spiro atoms. The summed E-state index contributed by atoms with van der Waals surface area (Å²) in [6, 6.07) is 73.2. The number of nitrogens with zero attached hydrogens (tertiary/aromatic N) is 1. The summed E-state index contributed by atoms with van der Waals surface area (Å²) >= 11 is 0. The smallest absolute Gasteiger partial charge is 0.136 e. The Morgan fingerprint density at radius 2 is 0.915 bits per heavy atom. The molecule has 0 aliphatic heterocycles. The predicted molar refractivity (Wildman–Crippen MR) is 249 cm³/mol. The van der Waals surface area contributed by atoms with Gasteiger partial charge in [0.25, 0.3) is 0 Å². The fraction of sp³-hybridized carbons (Fsp3) is 0.0526. The maximum Gasteiger partial charge on any atom is 0.136 e. The lowest BCUT2D eigenvalue weighted by Gasteiger charge is -2.29. The second-order valence-corrected chi connectivity index (χ2v) is 16.5. The van der Waals surface area contributed by atoms with Crippen molar-refractivity contribution in [2.24, 2.45) is 0 Å². The van der Waals surface area contributed by atoms with E-state index in [4.69, 9.17) is 4.42 Å². The number of furan rings is 1. The summed E-state index contributed by atoms with van der Waals surface area (Å²) in [5, 5.41) is 9.79. The quantitative estimate of drug-likeness (QED) is 0.163. The molecule has 0 radical (unpaired) electrons. The third kappa shape index (κ3) is 5.13. The van der Waals surface area contributed by atoms with Crippen molar-refractivity contribution in [1.29, 1.82) is 0 Å². The molecule has 2 nitrogen and oxygen atoms in total. The van der Waals surface area contributed by atoms with Crippen molar-refractivity contribution in [1.82, 2.24) is 0 Å². The van der Waals surface area contributed by atoms with Gasteiger partial charge in [-0.3, -0.25) is 0 Å². The van der Waals surface area contributed by atoms with Gasteiger partial charge in [-0.2, -0.15) is 0 Å². The van der Waals surface area contributed by atoms with Crippen LogP contribution in [-0.2, 0) is 5.41 Å². The molecule has 0 unspecified atom stereocenters. The molecule has 59 heavy (non-hydrogen) atoms. The second kappa shape index (κ2) is 12.8. The first-order valence-corrected chi connectivity index (χ1v) is 20.5. The predicted octanol–water partition coefficient (Wildman–Crippen LogP) is 16.2. The molecule has 0 saturated carbocycles. The lowest BCUT2D eigenvalue weighted by atomic mass is 9.82. The molecular weight excluding hydrogens is 715 g/mol. The summed E-state index contributed by atoms with van der Waals surface area (Å²) in [7, 11) is 0. The molecule has 0 amide bonds. The summed E-state index contributed by atoms with van der Waals surface area (Å²) in [6.07, 6.45) is 0. The van der Waals surface area contributed by atoms with Crippen molar-refractivity contribution in [3.63, 3.8) is 0 Å². The van der Waals surface area contributed by atoms with E-state index in [9.17, 15) is 0 Å².